The number of carbonyl (C=O) groups is 1. The lowest BCUT2D eigenvalue weighted by molar-refractivity contribution is 0.0601. The summed E-state index contributed by atoms with van der Waals surface area (Å²) in [5.74, 6) is 0.737. The smallest absolute Gasteiger partial charge is 0.337 e. The molecule has 0 unspecified atom stereocenters. The molecular formula is C14H13N3O3S. The maximum Gasteiger partial charge on any atom is 0.337 e. The Balaban J connectivity index is 2.19. The SMILES string of the molecule is COC(=O)c1cccc(-c2ccc(C=NNC(N)=S)o2)c1. The summed E-state index contributed by atoms with van der Waals surface area (Å²) in [6.07, 6.45) is 1.45. The van der Waals surface area contributed by atoms with E-state index in [-0.39, 0.29) is 5.11 Å². The molecule has 6 nitrogen and oxygen atoms in total. The number of hydrogen-bond acceptors (Lipinski definition) is 5. The Morgan fingerprint density at radius 2 is 2.24 bits per heavy atom. The normalized spacial score (nSPS) is 10.5. The summed E-state index contributed by atoms with van der Waals surface area (Å²) < 4.78 is 10.3. The Labute approximate surface area is 126 Å². The fourth-order valence-corrected chi connectivity index (χ4v) is 1.71. The number of nitrogens with one attached hydrogen (secondary N) is 1. The van der Waals surface area contributed by atoms with Crippen molar-refractivity contribution in [3.8, 4) is 11.3 Å². The van der Waals surface area contributed by atoms with Gasteiger partial charge in [0.15, 0.2) is 5.11 Å². The lowest BCUT2D eigenvalue weighted by Crippen LogP contribution is -2.23. The highest BCUT2D eigenvalue weighted by Gasteiger charge is 2.09. The number of hydrazone groups is 1. The number of rotatable bonds is 4. The zero-order valence-corrected chi connectivity index (χ0v) is 12.0. The highest BCUT2D eigenvalue weighted by atomic mass is 32.1. The molecule has 1 aromatic carbocycles. The van der Waals surface area contributed by atoms with E-state index in [0.29, 0.717) is 17.1 Å². The molecule has 1 aromatic heterocycles. The first-order valence-corrected chi connectivity index (χ1v) is 6.38. The number of esters is 1. The molecule has 0 radical (unpaired) electrons. The molecule has 3 N–H and O–H groups in total. The summed E-state index contributed by atoms with van der Waals surface area (Å²) in [7, 11) is 1.34. The topological polar surface area (TPSA) is 89.8 Å². The lowest BCUT2D eigenvalue weighted by atomic mass is 10.1. The van der Waals surface area contributed by atoms with E-state index < -0.39 is 5.97 Å². The van der Waals surface area contributed by atoms with Crippen LogP contribution in [0.25, 0.3) is 11.3 Å². The van der Waals surface area contributed by atoms with Crippen molar-refractivity contribution in [3.05, 3.63) is 47.7 Å². The number of furan rings is 1. The maximum atomic E-state index is 11.5. The predicted molar refractivity (Wildman–Crippen MR) is 83.0 cm³/mol. The minimum Gasteiger partial charge on any atom is -0.465 e. The van der Waals surface area contributed by atoms with Gasteiger partial charge in [-0.05, 0) is 36.5 Å². The minimum absolute atomic E-state index is 0.0730. The Bertz CT molecular complexity index is 694. The number of methoxy groups -OCH3 is 1. The molecule has 0 saturated carbocycles. The van der Waals surface area contributed by atoms with Crippen LogP contribution in [0.3, 0.4) is 0 Å². The third kappa shape index (κ3) is 3.90. The maximum absolute atomic E-state index is 11.5. The second-order valence-corrected chi connectivity index (χ2v) is 4.45. The molecule has 2 aromatic rings. The number of thiocarbonyl (C=S) groups is 1. The first-order valence-electron chi connectivity index (χ1n) is 5.97. The van der Waals surface area contributed by atoms with Gasteiger partial charge in [-0.2, -0.15) is 5.10 Å². The van der Waals surface area contributed by atoms with Gasteiger partial charge in [0.25, 0.3) is 0 Å². The second-order valence-electron chi connectivity index (χ2n) is 4.01. The lowest BCUT2D eigenvalue weighted by Gasteiger charge is -2.01. The van der Waals surface area contributed by atoms with Gasteiger partial charge in [0.1, 0.15) is 11.5 Å². The van der Waals surface area contributed by atoms with Crippen LogP contribution in [0.4, 0.5) is 0 Å². The Morgan fingerprint density at radius 1 is 1.43 bits per heavy atom. The number of nitrogens with two attached hydrogens (primary N) is 1. The van der Waals surface area contributed by atoms with Crippen molar-refractivity contribution >= 4 is 29.5 Å². The summed E-state index contributed by atoms with van der Waals surface area (Å²) in [5.41, 5.74) is 8.89. The summed E-state index contributed by atoms with van der Waals surface area (Å²) in [6, 6.07) is 10.5. The summed E-state index contributed by atoms with van der Waals surface area (Å²) in [5, 5.41) is 3.87. The fraction of sp³-hybridized carbons (Fsp3) is 0.0714. The van der Waals surface area contributed by atoms with Crippen molar-refractivity contribution in [3.63, 3.8) is 0 Å². The van der Waals surface area contributed by atoms with Crippen LogP contribution in [0.15, 0.2) is 45.9 Å². The molecule has 0 saturated heterocycles. The molecule has 7 heteroatoms. The van der Waals surface area contributed by atoms with E-state index in [1.807, 2.05) is 6.07 Å². The van der Waals surface area contributed by atoms with Crippen molar-refractivity contribution < 1.29 is 13.9 Å². The average Bonchev–Trinajstić information content (AvgIpc) is 2.95. The van der Waals surface area contributed by atoms with Gasteiger partial charge in [0.2, 0.25) is 0 Å². The second kappa shape index (κ2) is 6.67. The number of hydrogen-bond donors (Lipinski definition) is 2. The standard InChI is InChI=1S/C14H13N3O3S/c1-19-13(18)10-4-2-3-9(7-10)12-6-5-11(20-12)8-16-17-14(15)21/h2-8H,1H3,(H3,15,17,21). The molecule has 2 rings (SSSR count). The predicted octanol–water partition coefficient (Wildman–Crippen LogP) is 1.90. The Morgan fingerprint density at radius 3 is 2.95 bits per heavy atom. The number of nitrogens with zero attached hydrogens (tertiary/aromatic N) is 1. The van der Waals surface area contributed by atoms with Crippen LogP contribution >= 0.6 is 12.2 Å². The highest BCUT2D eigenvalue weighted by Crippen LogP contribution is 2.22. The summed E-state index contributed by atoms with van der Waals surface area (Å²) in [6.45, 7) is 0. The number of carbonyl (C=O) groups excluding carboxylic acids is 1. The van der Waals surface area contributed by atoms with Gasteiger partial charge in [0.05, 0.1) is 18.9 Å². The van der Waals surface area contributed by atoms with Crippen molar-refractivity contribution in [2.24, 2.45) is 10.8 Å². The molecule has 0 aliphatic rings. The third-order valence-electron chi connectivity index (χ3n) is 2.56. The van der Waals surface area contributed by atoms with E-state index in [0.717, 1.165) is 5.56 Å². The van der Waals surface area contributed by atoms with Gasteiger partial charge in [0, 0.05) is 5.56 Å². The third-order valence-corrected chi connectivity index (χ3v) is 2.65. The van der Waals surface area contributed by atoms with Crippen molar-refractivity contribution in [2.75, 3.05) is 7.11 Å². The highest BCUT2D eigenvalue weighted by molar-refractivity contribution is 7.80. The first-order chi connectivity index (χ1) is 10.1. The molecule has 108 valence electrons. The van der Waals surface area contributed by atoms with Crippen LogP contribution in [0, 0.1) is 0 Å². The molecule has 0 aliphatic heterocycles. The van der Waals surface area contributed by atoms with Gasteiger partial charge in [-0.3, -0.25) is 5.43 Å². The Kier molecular flexibility index (Phi) is 4.68. The first kappa shape index (κ1) is 14.7. The van der Waals surface area contributed by atoms with Crippen LogP contribution in [-0.4, -0.2) is 24.4 Å². The van der Waals surface area contributed by atoms with E-state index in [9.17, 15) is 4.79 Å². The fourth-order valence-electron chi connectivity index (χ4n) is 1.65. The monoisotopic (exact) mass is 303 g/mol. The van der Waals surface area contributed by atoms with Gasteiger partial charge < -0.3 is 14.9 Å². The van der Waals surface area contributed by atoms with Gasteiger partial charge in [-0.25, -0.2) is 4.79 Å². The number of benzene rings is 1. The van der Waals surface area contributed by atoms with Crippen molar-refractivity contribution in [2.45, 2.75) is 0 Å². The van der Waals surface area contributed by atoms with Gasteiger partial charge in [-0.1, -0.05) is 12.1 Å². The molecule has 0 fully saturated rings. The van der Waals surface area contributed by atoms with E-state index in [4.69, 9.17) is 10.2 Å². The van der Waals surface area contributed by atoms with E-state index in [1.54, 1.807) is 30.3 Å². The molecule has 21 heavy (non-hydrogen) atoms. The zero-order chi connectivity index (χ0) is 15.2. The molecule has 0 bridgehead atoms. The van der Waals surface area contributed by atoms with Crippen LogP contribution in [-0.2, 0) is 4.74 Å². The Hall–Kier alpha value is -2.67. The summed E-state index contributed by atoms with van der Waals surface area (Å²) >= 11 is 4.62. The van der Waals surface area contributed by atoms with Crippen LogP contribution in [0.1, 0.15) is 16.1 Å². The zero-order valence-electron chi connectivity index (χ0n) is 11.2. The largest absolute Gasteiger partial charge is 0.465 e. The van der Waals surface area contributed by atoms with Gasteiger partial charge >= 0.3 is 5.97 Å². The molecule has 1 heterocycles. The molecule has 0 atom stereocenters. The van der Waals surface area contributed by atoms with Crippen molar-refractivity contribution in [1.29, 1.82) is 0 Å². The van der Waals surface area contributed by atoms with Crippen LogP contribution < -0.4 is 11.2 Å². The van der Waals surface area contributed by atoms with E-state index in [2.05, 4.69) is 27.5 Å². The molecular weight excluding hydrogens is 290 g/mol. The molecule has 0 amide bonds. The van der Waals surface area contributed by atoms with Crippen LogP contribution in [0.2, 0.25) is 0 Å². The molecule has 0 spiro atoms. The van der Waals surface area contributed by atoms with E-state index >= 15 is 0 Å². The van der Waals surface area contributed by atoms with Crippen LogP contribution in [0.5, 0.6) is 0 Å². The minimum atomic E-state index is -0.397. The number of ether oxygens (including phenoxy) is 1. The van der Waals surface area contributed by atoms with Crippen molar-refractivity contribution in [1.82, 2.24) is 5.43 Å². The average molecular weight is 303 g/mol. The van der Waals surface area contributed by atoms with Gasteiger partial charge in [-0.15, -0.1) is 0 Å². The summed E-state index contributed by atoms with van der Waals surface area (Å²) in [4.78, 5) is 11.5. The molecule has 0 aliphatic carbocycles. The van der Waals surface area contributed by atoms with E-state index in [1.165, 1.54) is 13.3 Å². The quantitative estimate of drug-likeness (QED) is 0.388.